The maximum Gasteiger partial charge on any atom is 0.225 e. The first-order valence-electron chi connectivity index (χ1n) is 5.94. The van der Waals surface area contributed by atoms with Crippen molar-refractivity contribution in [2.45, 2.75) is 32.2 Å². The van der Waals surface area contributed by atoms with Crippen molar-refractivity contribution in [3.8, 4) is 0 Å². The molecule has 18 heavy (non-hydrogen) atoms. The standard InChI is InChI=1S/C13H17ClN2O.ClH/c1-9-4-5-11(14)12(7-9)16-13(17)8-10-3-2-6-15-10;/h4-5,7,10,15H,2-3,6,8H2,1H3,(H,16,17);1H. The third-order valence-electron chi connectivity index (χ3n) is 2.99. The van der Waals surface area contributed by atoms with Crippen LogP contribution in [-0.4, -0.2) is 18.5 Å². The van der Waals surface area contributed by atoms with Gasteiger partial charge in [0.2, 0.25) is 5.91 Å². The third-order valence-corrected chi connectivity index (χ3v) is 3.32. The summed E-state index contributed by atoms with van der Waals surface area (Å²) in [5.74, 6) is 0.0249. The van der Waals surface area contributed by atoms with E-state index in [2.05, 4.69) is 10.6 Å². The highest BCUT2D eigenvalue weighted by Crippen LogP contribution is 2.23. The van der Waals surface area contributed by atoms with Crippen molar-refractivity contribution in [2.75, 3.05) is 11.9 Å². The van der Waals surface area contributed by atoms with Crippen LogP contribution in [0.25, 0.3) is 0 Å². The van der Waals surface area contributed by atoms with E-state index in [1.54, 1.807) is 6.07 Å². The number of amides is 1. The second kappa shape index (κ2) is 6.98. The molecule has 0 saturated carbocycles. The molecule has 5 heteroatoms. The zero-order chi connectivity index (χ0) is 12.3. The van der Waals surface area contributed by atoms with Crippen LogP contribution in [0.2, 0.25) is 5.02 Å². The first-order valence-corrected chi connectivity index (χ1v) is 6.32. The summed E-state index contributed by atoms with van der Waals surface area (Å²) in [7, 11) is 0. The number of anilines is 1. The van der Waals surface area contributed by atoms with Crippen molar-refractivity contribution in [2.24, 2.45) is 0 Å². The molecular weight excluding hydrogens is 271 g/mol. The quantitative estimate of drug-likeness (QED) is 0.897. The van der Waals surface area contributed by atoms with Crippen LogP contribution < -0.4 is 10.6 Å². The minimum absolute atomic E-state index is 0. The number of benzene rings is 1. The Balaban J connectivity index is 0.00000162. The van der Waals surface area contributed by atoms with Gasteiger partial charge in [-0.15, -0.1) is 12.4 Å². The summed E-state index contributed by atoms with van der Waals surface area (Å²) in [4.78, 5) is 11.8. The van der Waals surface area contributed by atoms with Crippen molar-refractivity contribution in [3.63, 3.8) is 0 Å². The minimum Gasteiger partial charge on any atom is -0.325 e. The predicted molar refractivity (Wildman–Crippen MR) is 77.7 cm³/mol. The average molecular weight is 289 g/mol. The number of hydrogen-bond donors (Lipinski definition) is 2. The molecule has 1 atom stereocenters. The Bertz CT molecular complexity index is 417. The monoisotopic (exact) mass is 288 g/mol. The van der Waals surface area contributed by atoms with Gasteiger partial charge in [-0.25, -0.2) is 0 Å². The Hall–Kier alpha value is -0.770. The molecule has 0 bridgehead atoms. The van der Waals surface area contributed by atoms with Crippen LogP contribution >= 0.6 is 24.0 Å². The molecule has 1 aromatic rings. The van der Waals surface area contributed by atoms with E-state index in [0.717, 1.165) is 24.9 Å². The fourth-order valence-corrected chi connectivity index (χ4v) is 2.26. The molecule has 1 heterocycles. The lowest BCUT2D eigenvalue weighted by atomic mass is 10.1. The number of carbonyl (C=O) groups excluding carboxylic acids is 1. The Labute approximate surface area is 119 Å². The number of halogens is 2. The van der Waals surface area contributed by atoms with Crippen LogP contribution in [0.5, 0.6) is 0 Å². The molecule has 1 amide bonds. The molecular formula is C13H18Cl2N2O. The van der Waals surface area contributed by atoms with E-state index >= 15 is 0 Å². The van der Waals surface area contributed by atoms with Crippen molar-refractivity contribution in [1.29, 1.82) is 0 Å². The highest BCUT2D eigenvalue weighted by Gasteiger charge is 2.18. The van der Waals surface area contributed by atoms with Gasteiger partial charge in [0.1, 0.15) is 0 Å². The normalized spacial score (nSPS) is 18.2. The van der Waals surface area contributed by atoms with Gasteiger partial charge in [-0.2, -0.15) is 0 Å². The second-order valence-electron chi connectivity index (χ2n) is 4.53. The number of aryl methyl sites for hydroxylation is 1. The van der Waals surface area contributed by atoms with Crippen LogP contribution in [0.15, 0.2) is 18.2 Å². The molecule has 0 radical (unpaired) electrons. The van der Waals surface area contributed by atoms with E-state index < -0.39 is 0 Å². The summed E-state index contributed by atoms with van der Waals surface area (Å²) in [5.41, 5.74) is 1.79. The van der Waals surface area contributed by atoms with Gasteiger partial charge in [0.25, 0.3) is 0 Å². The molecule has 3 nitrogen and oxygen atoms in total. The van der Waals surface area contributed by atoms with Gasteiger partial charge in [-0.3, -0.25) is 4.79 Å². The molecule has 1 aromatic carbocycles. The van der Waals surface area contributed by atoms with Crippen molar-refractivity contribution < 1.29 is 4.79 Å². The summed E-state index contributed by atoms with van der Waals surface area (Å²) < 4.78 is 0. The van der Waals surface area contributed by atoms with E-state index in [1.807, 2.05) is 19.1 Å². The smallest absolute Gasteiger partial charge is 0.225 e. The molecule has 100 valence electrons. The Kier molecular flexibility index (Phi) is 5.93. The fraction of sp³-hybridized carbons (Fsp3) is 0.462. The zero-order valence-electron chi connectivity index (χ0n) is 10.3. The third kappa shape index (κ3) is 4.16. The summed E-state index contributed by atoms with van der Waals surface area (Å²) in [6, 6.07) is 5.94. The van der Waals surface area contributed by atoms with E-state index in [9.17, 15) is 4.79 Å². The van der Waals surface area contributed by atoms with Gasteiger partial charge in [-0.1, -0.05) is 17.7 Å². The highest BCUT2D eigenvalue weighted by molar-refractivity contribution is 6.33. The summed E-state index contributed by atoms with van der Waals surface area (Å²) in [6.07, 6.45) is 2.75. The van der Waals surface area contributed by atoms with E-state index in [-0.39, 0.29) is 18.3 Å². The SMILES string of the molecule is Cc1ccc(Cl)c(NC(=O)CC2CCCN2)c1.Cl. The first-order chi connectivity index (χ1) is 8.15. The van der Waals surface area contributed by atoms with Gasteiger partial charge in [0.15, 0.2) is 0 Å². The van der Waals surface area contributed by atoms with Crippen LogP contribution in [0, 0.1) is 6.92 Å². The fourth-order valence-electron chi connectivity index (χ4n) is 2.09. The van der Waals surface area contributed by atoms with Crippen LogP contribution in [0.1, 0.15) is 24.8 Å². The van der Waals surface area contributed by atoms with Crippen LogP contribution in [0.3, 0.4) is 0 Å². The average Bonchev–Trinajstić information content (AvgIpc) is 2.76. The molecule has 1 fully saturated rings. The number of rotatable bonds is 3. The van der Waals surface area contributed by atoms with Gasteiger partial charge in [0.05, 0.1) is 10.7 Å². The van der Waals surface area contributed by atoms with E-state index in [0.29, 0.717) is 23.2 Å². The topological polar surface area (TPSA) is 41.1 Å². The largest absolute Gasteiger partial charge is 0.325 e. The lowest BCUT2D eigenvalue weighted by Gasteiger charge is -2.11. The number of nitrogens with one attached hydrogen (secondary N) is 2. The summed E-state index contributed by atoms with van der Waals surface area (Å²) in [5, 5.41) is 6.76. The van der Waals surface area contributed by atoms with E-state index in [4.69, 9.17) is 11.6 Å². The molecule has 2 rings (SSSR count). The van der Waals surface area contributed by atoms with Crippen LogP contribution in [-0.2, 0) is 4.79 Å². The first kappa shape index (κ1) is 15.3. The Morgan fingerprint density at radius 3 is 3.00 bits per heavy atom. The lowest BCUT2D eigenvalue weighted by Crippen LogP contribution is -2.27. The Morgan fingerprint density at radius 2 is 2.33 bits per heavy atom. The molecule has 1 unspecified atom stereocenters. The number of hydrogen-bond acceptors (Lipinski definition) is 2. The molecule has 1 aliphatic rings. The van der Waals surface area contributed by atoms with Gasteiger partial charge >= 0.3 is 0 Å². The number of carbonyl (C=O) groups is 1. The van der Waals surface area contributed by atoms with Gasteiger partial charge in [-0.05, 0) is 44.0 Å². The molecule has 2 N–H and O–H groups in total. The molecule has 1 aliphatic heterocycles. The van der Waals surface area contributed by atoms with E-state index in [1.165, 1.54) is 0 Å². The highest BCUT2D eigenvalue weighted by atomic mass is 35.5. The van der Waals surface area contributed by atoms with Crippen molar-refractivity contribution in [3.05, 3.63) is 28.8 Å². The van der Waals surface area contributed by atoms with Gasteiger partial charge in [0, 0.05) is 12.5 Å². The minimum atomic E-state index is 0. The molecule has 1 saturated heterocycles. The van der Waals surface area contributed by atoms with Crippen molar-refractivity contribution in [1.82, 2.24) is 5.32 Å². The maximum atomic E-state index is 11.8. The zero-order valence-corrected chi connectivity index (χ0v) is 11.9. The molecule has 0 spiro atoms. The maximum absolute atomic E-state index is 11.8. The van der Waals surface area contributed by atoms with Crippen molar-refractivity contribution >= 4 is 35.6 Å². The molecule has 0 aromatic heterocycles. The predicted octanol–water partition coefficient (Wildman–Crippen LogP) is 3.15. The molecule has 0 aliphatic carbocycles. The Morgan fingerprint density at radius 1 is 1.56 bits per heavy atom. The lowest BCUT2D eigenvalue weighted by molar-refractivity contribution is -0.116. The summed E-state index contributed by atoms with van der Waals surface area (Å²) >= 11 is 6.03. The van der Waals surface area contributed by atoms with Gasteiger partial charge < -0.3 is 10.6 Å². The summed E-state index contributed by atoms with van der Waals surface area (Å²) in [6.45, 7) is 2.99. The second-order valence-corrected chi connectivity index (χ2v) is 4.94. The van der Waals surface area contributed by atoms with Crippen LogP contribution in [0.4, 0.5) is 5.69 Å².